The normalized spacial score (nSPS) is 11.1. The summed E-state index contributed by atoms with van der Waals surface area (Å²) in [6.45, 7) is 0. The number of pyridine rings is 1. The van der Waals surface area contributed by atoms with Gasteiger partial charge in [0.2, 0.25) is 0 Å². The van der Waals surface area contributed by atoms with Gasteiger partial charge in [0.05, 0.1) is 28.6 Å². The van der Waals surface area contributed by atoms with Crippen LogP contribution in [-0.4, -0.2) is 24.9 Å². The number of H-pyrrole nitrogens is 1. The van der Waals surface area contributed by atoms with Crippen molar-refractivity contribution < 1.29 is 0 Å². The average molecular weight is 414 g/mol. The van der Waals surface area contributed by atoms with Gasteiger partial charge < -0.3 is 10.3 Å². The molecule has 0 spiro atoms. The van der Waals surface area contributed by atoms with E-state index in [4.69, 9.17) is 9.97 Å². The van der Waals surface area contributed by atoms with Crippen LogP contribution in [0.25, 0.3) is 44.6 Å². The zero-order chi connectivity index (χ0) is 21.3. The van der Waals surface area contributed by atoms with Crippen LogP contribution < -0.4 is 5.32 Å². The molecular formula is C26H18N6. The summed E-state index contributed by atoms with van der Waals surface area (Å²) < 4.78 is 0. The quantitative estimate of drug-likeness (QED) is 0.371. The lowest BCUT2D eigenvalue weighted by Crippen LogP contribution is -1.99. The first kappa shape index (κ1) is 18.2. The Labute approximate surface area is 184 Å². The maximum absolute atomic E-state index is 4.88. The van der Waals surface area contributed by atoms with E-state index in [1.165, 1.54) is 0 Å². The Kier molecular flexibility index (Phi) is 4.32. The molecule has 6 heteroatoms. The number of fused-ring (bicyclic) bond motifs is 2. The average Bonchev–Trinajstić information content (AvgIpc) is 3.32. The standard InChI is InChI=1S/C26H18N6/c1-2-5-17(6-3-1)26-31-23(19-8-10-21-18(13-19)7-4-12-27-21)15-25(32-26)30-20-9-11-22-24(14-20)29-16-28-22/h1-16H,(H,28,29)(H,30,31,32). The van der Waals surface area contributed by atoms with E-state index in [0.717, 1.165) is 50.3 Å². The zero-order valence-corrected chi connectivity index (χ0v) is 17.0. The van der Waals surface area contributed by atoms with E-state index in [2.05, 4.69) is 32.4 Å². The molecule has 32 heavy (non-hydrogen) atoms. The Bertz CT molecular complexity index is 1560. The van der Waals surface area contributed by atoms with Gasteiger partial charge in [-0.05, 0) is 36.4 Å². The minimum Gasteiger partial charge on any atom is -0.345 e. The fourth-order valence-corrected chi connectivity index (χ4v) is 3.77. The van der Waals surface area contributed by atoms with E-state index in [0.29, 0.717) is 5.82 Å². The van der Waals surface area contributed by atoms with Gasteiger partial charge in [-0.3, -0.25) is 4.98 Å². The summed E-state index contributed by atoms with van der Waals surface area (Å²) >= 11 is 0. The van der Waals surface area contributed by atoms with E-state index in [1.807, 2.05) is 72.8 Å². The van der Waals surface area contributed by atoms with Crippen LogP contribution in [-0.2, 0) is 0 Å². The number of benzene rings is 3. The summed E-state index contributed by atoms with van der Waals surface area (Å²) in [5, 5.41) is 4.51. The van der Waals surface area contributed by atoms with Gasteiger partial charge in [-0.15, -0.1) is 0 Å². The van der Waals surface area contributed by atoms with Crippen LogP contribution in [0.2, 0.25) is 0 Å². The lowest BCUT2D eigenvalue weighted by molar-refractivity contribution is 1.18. The number of hydrogen-bond donors (Lipinski definition) is 2. The molecule has 3 aromatic carbocycles. The summed E-state index contributed by atoms with van der Waals surface area (Å²) in [5.74, 6) is 1.39. The van der Waals surface area contributed by atoms with Crippen molar-refractivity contribution in [3.63, 3.8) is 0 Å². The molecule has 0 radical (unpaired) electrons. The minimum atomic E-state index is 0.666. The molecule has 0 aliphatic rings. The molecule has 0 unspecified atom stereocenters. The second-order valence-corrected chi connectivity index (χ2v) is 7.50. The number of imidazole rings is 1. The largest absolute Gasteiger partial charge is 0.345 e. The molecule has 0 aliphatic carbocycles. The Hall–Kier alpha value is -4.58. The van der Waals surface area contributed by atoms with Crippen molar-refractivity contribution in [3.05, 3.63) is 97.5 Å². The molecular weight excluding hydrogens is 396 g/mol. The van der Waals surface area contributed by atoms with E-state index in [1.54, 1.807) is 12.5 Å². The summed E-state index contributed by atoms with van der Waals surface area (Å²) in [7, 11) is 0. The lowest BCUT2D eigenvalue weighted by Gasteiger charge is -2.11. The highest BCUT2D eigenvalue weighted by atomic mass is 15.0. The SMILES string of the molecule is c1ccc(-c2nc(Nc3ccc4nc[nH]c4c3)cc(-c3ccc4ncccc4c3)n2)cc1. The van der Waals surface area contributed by atoms with Crippen LogP contribution in [0.1, 0.15) is 0 Å². The van der Waals surface area contributed by atoms with Gasteiger partial charge >= 0.3 is 0 Å². The van der Waals surface area contributed by atoms with Crippen molar-refractivity contribution in [1.82, 2.24) is 24.9 Å². The van der Waals surface area contributed by atoms with Crippen LogP contribution in [0.4, 0.5) is 11.5 Å². The van der Waals surface area contributed by atoms with Crippen LogP contribution >= 0.6 is 0 Å². The van der Waals surface area contributed by atoms with Gasteiger partial charge in [0.15, 0.2) is 5.82 Å². The van der Waals surface area contributed by atoms with E-state index < -0.39 is 0 Å². The monoisotopic (exact) mass is 414 g/mol. The van der Waals surface area contributed by atoms with Gasteiger partial charge in [0.25, 0.3) is 0 Å². The molecule has 0 saturated carbocycles. The molecule has 2 N–H and O–H groups in total. The minimum absolute atomic E-state index is 0.666. The summed E-state index contributed by atoms with van der Waals surface area (Å²) in [5.41, 5.74) is 6.59. The molecule has 3 heterocycles. The Morgan fingerprint density at radius 3 is 2.53 bits per heavy atom. The van der Waals surface area contributed by atoms with Crippen LogP contribution in [0.5, 0.6) is 0 Å². The third-order valence-electron chi connectivity index (χ3n) is 5.35. The van der Waals surface area contributed by atoms with Gasteiger partial charge in [-0.25, -0.2) is 15.0 Å². The maximum atomic E-state index is 4.88. The maximum Gasteiger partial charge on any atom is 0.162 e. The number of aromatic amines is 1. The Morgan fingerprint density at radius 2 is 1.59 bits per heavy atom. The predicted molar refractivity (Wildman–Crippen MR) is 128 cm³/mol. The van der Waals surface area contributed by atoms with Gasteiger partial charge in [0.1, 0.15) is 5.82 Å². The van der Waals surface area contributed by atoms with Gasteiger partial charge in [-0.2, -0.15) is 0 Å². The highest BCUT2D eigenvalue weighted by Crippen LogP contribution is 2.28. The highest BCUT2D eigenvalue weighted by Gasteiger charge is 2.10. The highest BCUT2D eigenvalue weighted by molar-refractivity contribution is 5.85. The Balaban J connectivity index is 1.47. The van der Waals surface area contributed by atoms with Gasteiger partial charge in [-0.1, -0.05) is 42.5 Å². The van der Waals surface area contributed by atoms with Crippen molar-refractivity contribution in [3.8, 4) is 22.6 Å². The molecule has 3 aromatic heterocycles. The van der Waals surface area contributed by atoms with Crippen molar-refractivity contribution in [1.29, 1.82) is 0 Å². The molecule has 0 bridgehead atoms. The number of aromatic nitrogens is 5. The lowest BCUT2D eigenvalue weighted by atomic mass is 10.1. The first-order valence-corrected chi connectivity index (χ1v) is 10.3. The molecule has 6 rings (SSSR count). The fraction of sp³-hybridized carbons (Fsp3) is 0. The zero-order valence-electron chi connectivity index (χ0n) is 17.0. The van der Waals surface area contributed by atoms with Gasteiger partial charge in [0, 0.05) is 34.5 Å². The summed E-state index contributed by atoms with van der Waals surface area (Å²) in [6.07, 6.45) is 3.50. The van der Waals surface area contributed by atoms with Crippen LogP contribution in [0, 0.1) is 0 Å². The van der Waals surface area contributed by atoms with E-state index in [9.17, 15) is 0 Å². The van der Waals surface area contributed by atoms with Crippen molar-refractivity contribution in [2.24, 2.45) is 0 Å². The molecule has 0 saturated heterocycles. The third kappa shape index (κ3) is 3.44. The molecule has 152 valence electrons. The molecule has 6 nitrogen and oxygen atoms in total. The molecule has 6 aromatic rings. The smallest absolute Gasteiger partial charge is 0.162 e. The molecule has 0 fully saturated rings. The second kappa shape index (κ2) is 7.59. The summed E-state index contributed by atoms with van der Waals surface area (Å²) in [4.78, 5) is 21.5. The van der Waals surface area contributed by atoms with E-state index in [-0.39, 0.29) is 0 Å². The summed E-state index contributed by atoms with van der Waals surface area (Å²) in [6, 6.07) is 28.2. The molecule has 0 amide bonds. The van der Waals surface area contributed by atoms with Crippen molar-refractivity contribution in [2.45, 2.75) is 0 Å². The topological polar surface area (TPSA) is 79.4 Å². The number of nitrogens with one attached hydrogen (secondary N) is 2. The Morgan fingerprint density at radius 1 is 0.688 bits per heavy atom. The number of nitrogens with zero attached hydrogens (tertiary/aromatic N) is 4. The van der Waals surface area contributed by atoms with E-state index >= 15 is 0 Å². The van der Waals surface area contributed by atoms with Crippen LogP contribution in [0.3, 0.4) is 0 Å². The second-order valence-electron chi connectivity index (χ2n) is 7.50. The van der Waals surface area contributed by atoms with Crippen molar-refractivity contribution >= 4 is 33.4 Å². The molecule has 0 atom stereocenters. The first-order chi connectivity index (χ1) is 15.8. The number of anilines is 2. The third-order valence-corrected chi connectivity index (χ3v) is 5.35. The van der Waals surface area contributed by atoms with Crippen LogP contribution in [0.15, 0.2) is 97.5 Å². The fourth-order valence-electron chi connectivity index (χ4n) is 3.77. The first-order valence-electron chi connectivity index (χ1n) is 10.3. The molecule has 0 aliphatic heterocycles. The predicted octanol–water partition coefficient (Wildman–Crippen LogP) is 5.98. The number of rotatable bonds is 4. The number of hydrogen-bond acceptors (Lipinski definition) is 5. The van der Waals surface area contributed by atoms with Crippen molar-refractivity contribution in [2.75, 3.05) is 5.32 Å².